The van der Waals surface area contributed by atoms with Gasteiger partial charge in [-0.1, -0.05) is 23.8 Å². The average Bonchev–Trinajstić information content (AvgIpc) is 2.56. The Bertz CT molecular complexity index is 709. The molecule has 0 amide bonds. The van der Waals surface area contributed by atoms with Gasteiger partial charge in [0.2, 0.25) is 0 Å². The summed E-state index contributed by atoms with van der Waals surface area (Å²) in [6, 6.07) is 11.1. The summed E-state index contributed by atoms with van der Waals surface area (Å²) in [4.78, 5) is 1.61. The second-order valence-electron chi connectivity index (χ2n) is 6.51. The van der Waals surface area contributed by atoms with Gasteiger partial charge in [-0.05, 0) is 37.1 Å². The van der Waals surface area contributed by atoms with E-state index in [1.54, 1.807) is 19.1 Å². The van der Waals surface area contributed by atoms with E-state index in [1.165, 1.54) is 27.8 Å². The summed E-state index contributed by atoms with van der Waals surface area (Å²) in [6.45, 7) is 7.66. The molecule has 2 aromatic carbocycles. The largest absolute Gasteiger partial charge is 0.493 e. The third-order valence-corrected chi connectivity index (χ3v) is 4.83. The second-order valence-corrected chi connectivity index (χ2v) is 6.51. The summed E-state index contributed by atoms with van der Waals surface area (Å²) in [5.41, 5.74) is 6.97. The average molecular weight is 312 g/mol. The summed E-state index contributed by atoms with van der Waals surface area (Å²) < 4.78 is 10.9. The van der Waals surface area contributed by atoms with Crippen molar-refractivity contribution in [3.05, 3.63) is 58.1 Å². The molecule has 0 aromatic heterocycles. The monoisotopic (exact) mass is 312 g/mol. The predicted molar refractivity (Wildman–Crippen MR) is 92.4 cm³/mol. The van der Waals surface area contributed by atoms with E-state index in [0.29, 0.717) is 0 Å². The number of fused-ring (bicyclic) bond motifs is 1. The van der Waals surface area contributed by atoms with Gasteiger partial charge in [0, 0.05) is 17.5 Å². The molecule has 122 valence electrons. The maximum Gasteiger partial charge on any atom is 0.161 e. The number of nitrogens with one attached hydrogen (secondary N) is 1. The second kappa shape index (κ2) is 6.63. The number of ether oxygens (including phenoxy) is 2. The van der Waals surface area contributed by atoms with Crippen molar-refractivity contribution in [3.63, 3.8) is 0 Å². The van der Waals surface area contributed by atoms with E-state index in [1.807, 2.05) is 0 Å². The first-order valence-corrected chi connectivity index (χ1v) is 8.24. The number of benzene rings is 2. The van der Waals surface area contributed by atoms with Crippen molar-refractivity contribution in [1.82, 2.24) is 0 Å². The fraction of sp³-hybridized carbons (Fsp3) is 0.400. The smallest absolute Gasteiger partial charge is 0.161 e. The van der Waals surface area contributed by atoms with E-state index >= 15 is 0 Å². The van der Waals surface area contributed by atoms with Gasteiger partial charge in [0.05, 0.1) is 20.8 Å². The highest BCUT2D eigenvalue weighted by atomic mass is 16.5. The van der Waals surface area contributed by atoms with Gasteiger partial charge in [0.15, 0.2) is 11.5 Å². The summed E-state index contributed by atoms with van der Waals surface area (Å²) in [5, 5.41) is 0. The molecule has 2 aromatic rings. The number of methoxy groups -OCH3 is 2. The molecule has 0 saturated carbocycles. The quantitative estimate of drug-likeness (QED) is 0.937. The van der Waals surface area contributed by atoms with E-state index < -0.39 is 0 Å². The van der Waals surface area contributed by atoms with Crippen LogP contribution in [-0.4, -0.2) is 20.8 Å². The van der Waals surface area contributed by atoms with Crippen molar-refractivity contribution in [2.75, 3.05) is 20.8 Å². The molecule has 1 aliphatic heterocycles. The van der Waals surface area contributed by atoms with Crippen LogP contribution >= 0.6 is 0 Å². The molecule has 0 bridgehead atoms. The molecule has 0 radical (unpaired) electrons. The molecule has 1 atom stereocenters. The topological polar surface area (TPSA) is 22.9 Å². The maximum atomic E-state index is 5.45. The van der Waals surface area contributed by atoms with Gasteiger partial charge in [-0.2, -0.15) is 0 Å². The van der Waals surface area contributed by atoms with Crippen LogP contribution in [0.2, 0.25) is 0 Å². The Hall–Kier alpha value is -2.00. The van der Waals surface area contributed by atoms with Crippen LogP contribution in [0.15, 0.2) is 30.3 Å². The van der Waals surface area contributed by atoms with Gasteiger partial charge in [0.1, 0.15) is 13.1 Å². The number of hydrogen-bond acceptors (Lipinski definition) is 2. The minimum Gasteiger partial charge on any atom is -0.493 e. The van der Waals surface area contributed by atoms with Crippen LogP contribution in [0.1, 0.15) is 27.8 Å². The Labute approximate surface area is 138 Å². The highest BCUT2D eigenvalue weighted by Crippen LogP contribution is 2.31. The van der Waals surface area contributed by atoms with Crippen LogP contribution in [0.5, 0.6) is 11.5 Å². The van der Waals surface area contributed by atoms with Crippen molar-refractivity contribution < 1.29 is 14.4 Å². The third-order valence-electron chi connectivity index (χ3n) is 4.83. The van der Waals surface area contributed by atoms with Crippen molar-refractivity contribution >= 4 is 0 Å². The van der Waals surface area contributed by atoms with E-state index in [4.69, 9.17) is 9.47 Å². The standard InChI is InChI=1S/C20H25NO2/c1-14-5-6-17(15(2)9-14)12-21-8-7-16-10-19(22-3)20(23-4)11-18(16)13-21/h5-6,9-11H,7-8,12-13H2,1-4H3/p+1. The summed E-state index contributed by atoms with van der Waals surface area (Å²) in [7, 11) is 3.40. The number of rotatable bonds is 4. The maximum absolute atomic E-state index is 5.45. The molecule has 0 saturated heterocycles. The van der Waals surface area contributed by atoms with Gasteiger partial charge in [-0.3, -0.25) is 0 Å². The molecule has 1 unspecified atom stereocenters. The van der Waals surface area contributed by atoms with Gasteiger partial charge >= 0.3 is 0 Å². The number of hydrogen-bond donors (Lipinski definition) is 1. The summed E-state index contributed by atoms with van der Waals surface area (Å²) >= 11 is 0. The minimum absolute atomic E-state index is 0.832. The Balaban J connectivity index is 1.79. The molecule has 3 nitrogen and oxygen atoms in total. The van der Waals surface area contributed by atoms with E-state index in [-0.39, 0.29) is 0 Å². The summed E-state index contributed by atoms with van der Waals surface area (Å²) in [6.07, 6.45) is 1.09. The zero-order valence-electron chi connectivity index (χ0n) is 14.5. The SMILES string of the molecule is COc1cc2c(cc1OC)C[NH+](Cc1ccc(C)cc1C)CC2. The van der Waals surface area contributed by atoms with Gasteiger partial charge < -0.3 is 14.4 Å². The molecule has 3 heteroatoms. The van der Waals surface area contributed by atoms with E-state index in [0.717, 1.165) is 37.6 Å². The Morgan fingerprint density at radius 1 is 0.957 bits per heavy atom. The fourth-order valence-electron chi connectivity index (χ4n) is 3.49. The zero-order chi connectivity index (χ0) is 16.4. The first-order chi connectivity index (χ1) is 11.1. The lowest BCUT2D eigenvalue weighted by Gasteiger charge is -2.27. The highest BCUT2D eigenvalue weighted by molar-refractivity contribution is 5.47. The predicted octanol–water partition coefficient (Wildman–Crippen LogP) is 2.46. The molecular formula is C20H26NO2+. The Morgan fingerprint density at radius 2 is 1.65 bits per heavy atom. The Kier molecular flexibility index (Phi) is 4.58. The lowest BCUT2D eigenvalue weighted by molar-refractivity contribution is -0.929. The van der Waals surface area contributed by atoms with Crippen molar-refractivity contribution in [3.8, 4) is 11.5 Å². The van der Waals surface area contributed by atoms with Crippen LogP contribution in [0.25, 0.3) is 0 Å². The van der Waals surface area contributed by atoms with Crippen molar-refractivity contribution in [2.24, 2.45) is 0 Å². The van der Waals surface area contributed by atoms with Crippen LogP contribution in [0.3, 0.4) is 0 Å². The first-order valence-electron chi connectivity index (χ1n) is 8.24. The van der Waals surface area contributed by atoms with Crippen LogP contribution in [-0.2, 0) is 19.5 Å². The number of quaternary nitrogens is 1. The normalized spacial score (nSPS) is 16.8. The molecular weight excluding hydrogens is 286 g/mol. The molecule has 0 fully saturated rings. The first kappa shape index (κ1) is 15.9. The molecule has 1 aliphatic rings. The summed E-state index contributed by atoms with van der Waals surface area (Å²) in [5.74, 6) is 1.67. The highest BCUT2D eigenvalue weighted by Gasteiger charge is 2.22. The fourth-order valence-corrected chi connectivity index (χ4v) is 3.49. The van der Waals surface area contributed by atoms with E-state index in [9.17, 15) is 0 Å². The van der Waals surface area contributed by atoms with Gasteiger partial charge in [-0.25, -0.2) is 0 Å². The third kappa shape index (κ3) is 3.35. The minimum atomic E-state index is 0.832. The van der Waals surface area contributed by atoms with E-state index in [2.05, 4.69) is 44.2 Å². The van der Waals surface area contributed by atoms with Gasteiger partial charge in [-0.15, -0.1) is 0 Å². The zero-order valence-corrected chi connectivity index (χ0v) is 14.5. The molecule has 23 heavy (non-hydrogen) atoms. The van der Waals surface area contributed by atoms with Crippen LogP contribution in [0.4, 0.5) is 0 Å². The molecule has 3 rings (SSSR count). The van der Waals surface area contributed by atoms with Gasteiger partial charge in [0.25, 0.3) is 0 Å². The molecule has 1 heterocycles. The molecule has 0 spiro atoms. The lowest BCUT2D eigenvalue weighted by Crippen LogP contribution is -3.10. The lowest BCUT2D eigenvalue weighted by atomic mass is 9.97. The van der Waals surface area contributed by atoms with Crippen LogP contribution < -0.4 is 14.4 Å². The molecule has 1 N–H and O–H groups in total. The van der Waals surface area contributed by atoms with Crippen molar-refractivity contribution in [1.29, 1.82) is 0 Å². The van der Waals surface area contributed by atoms with Crippen LogP contribution in [0, 0.1) is 13.8 Å². The molecule has 0 aliphatic carbocycles. The van der Waals surface area contributed by atoms with Crippen molar-refractivity contribution in [2.45, 2.75) is 33.4 Å². The Morgan fingerprint density at radius 3 is 2.30 bits per heavy atom. The number of aryl methyl sites for hydroxylation is 2.